The predicted molar refractivity (Wildman–Crippen MR) is 37.3 cm³/mol. The highest BCUT2D eigenvalue weighted by Crippen LogP contribution is 2.28. The second-order valence-corrected chi connectivity index (χ2v) is 2.44. The predicted octanol–water partition coefficient (Wildman–Crippen LogP) is 2.51. The summed E-state index contributed by atoms with van der Waals surface area (Å²) in [7, 11) is 0. The maximum atomic E-state index is 12.8. The maximum absolute atomic E-state index is 12.8. The van der Waals surface area contributed by atoms with Crippen molar-refractivity contribution in [1.29, 1.82) is 0 Å². The minimum absolute atomic E-state index is 0.164. The maximum Gasteiger partial charge on any atom is 0.206 e. The van der Waals surface area contributed by atoms with Gasteiger partial charge in [0.05, 0.1) is 0 Å². The van der Waals surface area contributed by atoms with Crippen LogP contribution < -0.4 is 0 Å². The molecule has 72 valence electrons. The van der Waals surface area contributed by atoms with Crippen LogP contribution in [0.25, 0.3) is 0 Å². The molecule has 0 aliphatic carbocycles. The molecule has 0 spiro atoms. The standard InChI is InChI=1S/C8H6F4O/c1-2-3-4(9)6(11)7(12)8(13)5(3)10/h13H,2H2,1H3. The summed E-state index contributed by atoms with van der Waals surface area (Å²) in [4.78, 5) is 0. The van der Waals surface area contributed by atoms with Crippen LogP contribution in [-0.2, 0) is 6.42 Å². The number of phenols is 1. The van der Waals surface area contributed by atoms with Gasteiger partial charge in [0, 0.05) is 5.56 Å². The lowest BCUT2D eigenvalue weighted by Gasteiger charge is -2.05. The number of halogens is 4. The Morgan fingerprint density at radius 3 is 1.92 bits per heavy atom. The minimum atomic E-state index is -1.90. The van der Waals surface area contributed by atoms with Crippen molar-refractivity contribution in [3.05, 3.63) is 28.8 Å². The normalized spacial score (nSPS) is 10.5. The zero-order chi connectivity index (χ0) is 10.2. The molecule has 1 aromatic rings. The van der Waals surface area contributed by atoms with E-state index in [-0.39, 0.29) is 6.42 Å². The van der Waals surface area contributed by atoms with E-state index in [1.165, 1.54) is 6.92 Å². The Bertz CT molecular complexity index is 319. The first-order chi connectivity index (χ1) is 6.00. The summed E-state index contributed by atoms with van der Waals surface area (Å²) in [6, 6.07) is 0. The van der Waals surface area contributed by atoms with Gasteiger partial charge in [-0.2, -0.15) is 4.39 Å². The number of hydrogen-bond acceptors (Lipinski definition) is 1. The van der Waals surface area contributed by atoms with E-state index in [9.17, 15) is 17.6 Å². The third-order valence-corrected chi connectivity index (χ3v) is 1.68. The van der Waals surface area contributed by atoms with Crippen LogP contribution in [0.3, 0.4) is 0 Å². The molecule has 0 bridgehead atoms. The average molecular weight is 194 g/mol. The van der Waals surface area contributed by atoms with E-state index in [0.29, 0.717) is 0 Å². The van der Waals surface area contributed by atoms with Crippen molar-refractivity contribution in [3.63, 3.8) is 0 Å². The van der Waals surface area contributed by atoms with Gasteiger partial charge < -0.3 is 5.11 Å². The first-order valence-corrected chi connectivity index (χ1v) is 3.54. The Hall–Kier alpha value is -1.26. The van der Waals surface area contributed by atoms with Crippen LogP contribution in [0.4, 0.5) is 17.6 Å². The van der Waals surface area contributed by atoms with E-state index in [1.807, 2.05) is 0 Å². The number of rotatable bonds is 1. The monoisotopic (exact) mass is 194 g/mol. The second kappa shape index (κ2) is 3.24. The van der Waals surface area contributed by atoms with Crippen molar-refractivity contribution in [1.82, 2.24) is 0 Å². The second-order valence-electron chi connectivity index (χ2n) is 2.44. The van der Waals surface area contributed by atoms with E-state index in [2.05, 4.69) is 0 Å². The van der Waals surface area contributed by atoms with Gasteiger partial charge in [0.15, 0.2) is 23.2 Å². The third-order valence-electron chi connectivity index (χ3n) is 1.68. The van der Waals surface area contributed by atoms with Gasteiger partial charge in [0.1, 0.15) is 0 Å². The molecular formula is C8H6F4O. The number of phenolic OH excluding ortho intramolecular Hbond substituents is 1. The lowest BCUT2D eigenvalue weighted by Crippen LogP contribution is -2.02. The van der Waals surface area contributed by atoms with Crippen LogP contribution in [0, 0.1) is 23.3 Å². The molecule has 1 rings (SSSR count). The molecule has 0 unspecified atom stereocenters. The quantitative estimate of drug-likeness (QED) is 0.413. The van der Waals surface area contributed by atoms with Crippen molar-refractivity contribution >= 4 is 0 Å². The smallest absolute Gasteiger partial charge is 0.206 e. The van der Waals surface area contributed by atoms with Crippen molar-refractivity contribution in [3.8, 4) is 5.75 Å². The molecule has 5 heteroatoms. The van der Waals surface area contributed by atoms with Crippen LogP contribution in [0.1, 0.15) is 12.5 Å². The fourth-order valence-corrected chi connectivity index (χ4v) is 0.979. The summed E-state index contributed by atoms with van der Waals surface area (Å²) in [5.41, 5.74) is -0.656. The first kappa shape index (κ1) is 9.83. The van der Waals surface area contributed by atoms with Crippen LogP contribution in [0.2, 0.25) is 0 Å². The van der Waals surface area contributed by atoms with Gasteiger partial charge >= 0.3 is 0 Å². The Balaban J connectivity index is 3.56. The van der Waals surface area contributed by atoms with Crippen molar-refractivity contribution in [2.45, 2.75) is 13.3 Å². The third kappa shape index (κ3) is 1.34. The molecule has 0 heterocycles. The van der Waals surface area contributed by atoms with Crippen LogP contribution in [-0.4, -0.2) is 5.11 Å². The van der Waals surface area contributed by atoms with Crippen LogP contribution in [0.5, 0.6) is 5.75 Å². The molecule has 0 saturated carbocycles. The summed E-state index contributed by atoms with van der Waals surface area (Å²) >= 11 is 0. The molecule has 1 nitrogen and oxygen atoms in total. The molecule has 0 fully saturated rings. The molecule has 0 amide bonds. The summed E-state index contributed by atoms with van der Waals surface area (Å²) in [5, 5.41) is 8.67. The highest BCUT2D eigenvalue weighted by molar-refractivity contribution is 5.33. The molecule has 13 heavy (non-hydrogen) atoms. The zero-order valence-corrected chi connectivity index (χ0v) is 6.67. The summed E-state index contributed by atoms with van der Waals surface area (Å²) < 4.78 is 50.6. The largest absolute Gasteiger partial charge is 0.503 e. The molecule has 0 aliphatic rings. The zero-order valence-electron chi connectivity index (χ0n) is 6.67. The van der Waals surface area contributed by atoms with Crippen molar-refractivity contribution in [2.75, 3.05) is 0 Å². The van der Waals surface area contributed by atoms with Gasteiger partial charge in [-0.25, -0.2) is 13.2 Å². The Morgan fingerprint density at radius 1 is 0.923 bits per heavy atom. The fourth-order valence-electron chi connectivity index (χ4n) is 0.979. The lowest BCUT2D eigenvalue weighted by molar-refractivity contribution is 0.353. The van der Waals surface area contributed by atoms with Gasteiger partial charge in [0.25, 0.3) is 0 Å². The summed E-state index contributed by atoms with van der Waals surface area (Å²) in [6.45, 7) is 1.36. The molecule has 0 radical (unpaired) electrons. The average Bonchev–Trinajstić information content (AvgIpc) is 2.13. The molecule has 0 aliphatic heterocycles. The van der Waals surface area contributed by atoms with Crippen LogP contribution >= 0.6 is 0 Å². The summed E-state index contributed by atoms with van der Waals surface area (Å²) in [6.07, 6.45) is -0.164. The number of aromatic hydroxyl groups is 1. The van der Waals surface area contributed by atoms with E-state index in [4.69, 9.17) is 5.11 Å². The fraction of sp³-hybridized carbons (Fsp3) is 0.250. The van der Waals surface area contributed by atoms with E-state index >= 15 is 0 Å². The molecule has 1 aromatic carbocycles. The van der Waals surface area contributed by atoms with Gasteiger partial charge in [-0.3, -0.25) is 0 Å². The van der Waals surface area contributed by atoms with E-state index in [1.54, 1.807) is 0 Å². The SMILES string of the molecule is CCc1c(F)c(O)c(F)c(F)c1F. The molecule has 0 atom stereocenters. The highest BCUT2D eigenvalue weighted by atomic mass is 19.2. The van der Waals surface area contributed by atoms with Crippen LogP contribution in [0.15, 0.2) is 0 Å². The van der Waals surface area contributed by atoms with E-state index < -0.39 is 34.6 Å². The van der Waals surface area contributed by atoms with E-state index in [0.717, 1.165) is 0 Å². The highest BCUT2D eigenvalue weighted by Gasteiger charge is 2.23. The van der Waals surface area contributed by atoms with Gasteiger partial charge in [-0.1, -0.05) is 6.92 Å². The van der Waals surface area contributed by atoms with Gasteiger partial charge in [0.2, 0.25) is 5.82 Å². The molecule has 1 N–H and O–H groups in total. The van der Waals surface area contributed by atoms with Crippen molar-refractivity contribution < 1.29 is 22.7 Å². The first-order valence-electron chi connectivity index (χ1n) is 3.54. The number of hydrogen-bond donors (Lipinski definition) is 1. The Labute approximate surface area is 71.6 Å². The minimum Gasteiger partial charge on any atom is -0.503 e. The molecular weight excluding hydrogens is 188 g/mol. The number of benzene rings is 1. The molecule has 0 saturated heterocycles. The Morgan fingerprint density at radius 2 is 1.46 bits per heavy atom. The topological polar surface area (TPSA) is 20.2 Å². The summed E-state index contributed by atoms with van der Waals surface area (Å²) in [5.74, 6) is -8.26. The Kier molecular flexibility index (Phi) is 2.45. The lowest BCUT2D eigenvalue weighted by atomic mass is 10.1. The van der Waals surface area contributed by atoms with Gasteiger partial charge in [-0.15, -0.1) is 0 Å². The van der Waals surface area contributed by atoms with Crippen molar-refractivity contribution in [2.24, 2.45) is 0 Å². The van der Waals surface area contributed by atoms with Gasteiger partial charge in [-0.05, 0) is 6.42 Å². The molecule has 0 aromatic heterocycles.